The van der Waals surface area contributed by atoms with Gasteiger partial charge in [0.15, 0.2) is 5.65 Å². The maximum absolute atomic E-state index is 5.04. The molecule has 5 heteroatoms. The lowest BCUT2D eigenvalue weighted by Crippen LogP contribution is -1.88. The zero-order valence-electron chi connectivity index (χ0n) is 6.85. The van der Waals surface area contributed by atoms with Gasteiger partial charge in [-0.15, -0.1) is 0 Å². The zero-order chi connectivity index (χ0) is 8.55. The summed E-state index contributed by atoms with van der Waals surface area (Å²) in [5, 5.41) is 4.94. The second-order valence-electron chi connectivity index (χ2n) is 2.42. The molecule has 62 valence electrons. The Morgan fingerprint density at radius 1 is 1.42 bits per heavy atom. The van der Waals surface area contributed by atoms with Gasteiger partial charge in [-0.25, -0.2) is 9.97 Å². The van der Waals surface area contributed by atoms with E-state index in [9.17, 15) is 0 Å². The van der Waals surface area contributed by atoms with Gasteiger partial charge in [-0.1, -0.05) is 0 Å². The van der Waals surface area contributed by atoms with Crippen LogP contribution in [0.4, 0.5) is 0 Å². The van der Waals surface area contributed by atoms with Crippen LogP contribution in [0.3, 0.4) is 0 Å². The van der Waals surface area contributed by atoms with Gasteiger partial charge < -0.3 is 4.74 Å². The highest BCUT2D eigenvalue weighted by molar-refractivity contribution is 5.79. The number of methoxy groups -OCH3 is 1. The molecular weight excluding hydrogens is 156 g/mol. The minimum atomic E-state index is 0.563. The number of rotatable bonds is 1. The fraction of sp³-hybridized carbons (Fsp3) is 0.286. The van der Waals surface area contributed by atoms with Crippen LogP contribution in [0.1, 0.15) is 0 Å². The number of hydrogen-bond acceptors (Lipinski definition) is 4. The summed E-state index contributed by atoms with van der Waals surface area (Å²) in [6, 6.07) is 0. The van der Waals surface area contributed by atoms with Crippen molar-refractivity contribution in [2.75, 3.05) is 7.11 Å². The van der Waals surface area contributed by atoms with Crippen molar-refractivity contribution >= 4 is 11.0 Å². The van der Waals surface area contributed by atoms with E-state index in [-0.39, 0.29) is 0 Å². The van der Waals surface area contributed by atoms with Crippen molar-refractivity contribution in [3.63, 3.8) is 0 Å². The second-order valence-corrected chi connectivity index (χ2v) is 2.42. The Kier molecular flexibility index (Phi) is 1.43. The van der Waals surface area contributed by atoms with Gasteiger partial charge in [0.1, 0.15) is 11.7 Å². The Balaban J connectivity index is 2.78. The highest BCUT2D eigenvalue weighted by atomic mass is 16.5. The van der Waals surface area contributed by atoms with Gasteiger partial charge >= 0.3 is 0 Å². The van der Waals surface area contributed by atoms with E-state index in [1.54, 1.807) is 11.8 Å². The van der Waals surface area contributed by atoms with Crippen LogP contribution < -0.4 is 4.74 Å². The molecule has 2 aromatic rings. The monoisotopic (exact) mass is 164 g/mol. The minimum absolute atomic E-state index is 0.563. The number of hydrogen-bond donors (Lipinski definition) is 0. The normalized spacial score (nSPS) is 10.5. The summed E-state index contributed by atoms with van der Waals surface area (Å²) in [5.41, 5.74) is 0.657. The molecule has 0 amide bonds. The highest BCUT2D eigenvalue weighted by Gasteiger charge is 2.05. The van der Waals surface area contributed by atoms with Gasteiger partial charge in [0.05, 0.1) is 7.11 Å². The number of ether oxygens (including phenoxy) is 1. The van der Waals surface area contributed by atoms with Crippen LogP contribution in [0.15, 0.2) is 12.5 Å². The average Bonchev–Trinajstić information content (AvgIpc) is 2.44. The van der Waals surface area contributed by atoms with Crippen LogP contribution in [0.5, 0.6) is 5.88 Å². The molecule has 12 heavy (non-hydrogen) atoms. The predicted molar refractivity (Wildman–Crippen MR) is 42.9 cm³/mol. The van der Waals surface area contributed by atoms with Gasteiger partial charge in [0, 0.05) is 13.2 Å². The lowest BCUT2D eigenvalue weighted by Gasteiger charge is -1.95. The maximum atomic E-state index is 5.04. The minimum Gasteiger partial charge on any atom is -0.480 e. The first-order valence-corrected chi connectivity index (χ1v) is 3.49. The molecule has 0 unspecified atom stereocenters. The molecule has 0 spiro atoms. The number of aromatic nitrogens is 4. The van der Waals surface area contributed by atoms with Crippen LogP contribution in [-0.2, 0) is 7.05 Å². The van der Waals surface area contributed by atoms with Crippen molar-refractivity contribution in [1.29, 1.82) is 0 Å². The first-order valence-electron chi connectivity index (χ1n) is 3.49. The van der Waals surface area contributed by atoms with Gasteiger partial charge in [0.2, 0.25) is 5.88 Å². The Labute approximate surface area is 69.0 Å². The van der Waals surface area contributed by atoms with Gasteiger partial charge in [-0.05, 0) is 0 Å². The fourth-order valence-corrected chi connectivity index (χ4v) is 1.09. The summed E-state index contributed by atoms with van der Waals surface area (Å²) in [7, 11) is 3.41. The van der Waals surface area contributed by atoms with Gasteiger partial charge in [-0.2, -0.15) is 5.10 Å². The molecule has 0 fully saturated rings. The second kappa shape index (κ2) is 2.44. The SMILES string of the molecule is COc1ncnc2nn(C)cc12. The van der Waals surface area contributed by atoms with Crippen LogP contribution in [0, 0.1) is 0 Å². The highest BCUT2D eigenvalue weighted by Crippen LogP contribution is 2.18. The first kappa shape index (κ1) is 7.02. The summed E-state index contributed by atoms with van der Waals surface area (Å²) in [6.45, 7) is 0. The summed E-state index contributed by atoms with van der Waals surface area (Å²) in [5.74, 6) is 0.563. The van der Waals surface area contributed by atoms with E-state index in [2.05, 4.69) is 15.1 Å². The molecule has 2 rings (SSSR count). The van der Waals surface area contributed by atoms with Crippen LogP contribution in [0.25, 0.3) is 11.0 Å². The standard InChI is InChI=1S/C7H8N4O/c1-11-3-5-6(10-11)8-4-9-7(5)12-2/h3-4H,1-2H3. The molecule has 2 aromatic heterocycles. The summed E-state index contributed by atoms with van der Waals surface area (Å²) < 4.78 is 6.72. The Morgan fingerprint density at radius 3 is 3.00 bits per heavy atom. The Morgan fingerprint density at radius 2 is 2.25 bits per heavy atom. The zero-order valence-corrected chi connectivity index (χ0v) is 6.85. The molecule has 0 aromatic carbocycles. The molecule has 0 aliphatic rings. The number of fused-ring (bicyclic) bond motifs is 1. The van der Waals surface area contributed by atoms with Gasteiger partial charge in [-0.3, -0.25) is 4.68 Å². The van der Waals surface area contributed by atoms with Crippen molar-refractivity contribution in [2.24, 2.45) is 7.05 Å². The molecule has 2 heterocycles. The molecule has 0 aliphatic carbocycles. The predicted octanol–water partition coefficient (Wildman–Crippen LogP) is 0.372. The number of nitrogens with zero attached hydrogens (tertiary/aromatic N) is 4. The third-order valence-electron chi connectivity index (χ3n) is 1.59. The molecule has 0 atom stereocenters. The lowest BCUT2D eigenvalue weighted by atomic mass is 10.4. The molecule has 0 radical (unpaired) electrons. The quantitative estimate of drug-likeness (QED) is 0.611. The molecule has 5 nitrogen and oxygen atoms in total. The lowest BCUT2D eigenvalue weighted by molar-refractivity contribution is 0.402. The maximum Gasteiger partial charge on any atom is 0.227 e. The van der Waals surface area contributed by atoms with E-state index in [0.29, 0.717) is 11.5 Å². The van der Waals surface area contributed by atoms with E-state index >= 15 is 0 Å². The van der Waals surface area contributed by atoms with Crippen LogP contribution >= 0.6 is 0 Å². The molecular formula is C7H8N4O. The molecule has 0 bridgehead atoms. The van der Waals surface area contributed by atoms with E-state index in [4.69, 9.17) is 4.74 Å². The molecule has 0 N–H and O–H groups in total. The van der Waals surface area contributed by atoms with Crippen molar-refractivity contribution in [2.45, 2.75) is 0 Å². The molecule has 0 saturated heterocycles. The fourth-order valence-electron chi connectivity index (χ4n) is 1.09. The first-order chi connectivity index (χ1) is 5.81. The van der Waals surface area contributed by atoms with E-state index < -0.39 is 0 Å². The van der Waals surface area contributed by atoms with Crippen molar-refractivity contribution in [3.8, 4) is 5.88 Å². The molecule has 0 aliphatic heterocycles. The van der Waals surface area contributed by atoms with E-state index in [1.807, 2.05) is 13.2 Å². The van der Waals surface area contributed by atoms with Crippen molar-refractivity contribution in [1.82, 2.24) is 19.7 Å². The van der Waals surface area contributed by atoms with Gasteiger partial charge in [0.25, 0.3) is 0 Å². The van der Waals surface area contributed by atoms with Crippen LogP contribution in [0.2, 0.25) is 0 Å². The van der Waals surface area contributed by atoms with Crippen molar-refractivity contribution < 1.29 is 4.74 Å². The smallest absolute Gasteiger partial charge is 0.227 e. The van der Waals surface area contributed by atoms with E-state index in [1.165, 1.54) is 6.33 Å². The Bertz CT molecular complexity index is 409. The van der Waals surface area contributed by atoms with Crippen molar-refractivity contribution in [3.05, 3.63) is 12.5 Å². The third kappa shape index (κ3) is 0.903. The largest absolute Gasteiger partial charge is 0.480 e. The third-order valence-corrected chi connectivity index (χ3v) is 1.59. The molecule has 0 saturated carbocycles. The van der Waals surface area contributed by atoms with E-state index in [0.717, 1.165) is 5.39 Å². The summed E-state index contributed by atoms with van der Waals surface area (Å²) >= 11 is 0. The summed E-state index contributed by atoms with van der Waals surface area (Å²) in [6.07, 6.45) is 3.27. The summed E-state index contributed by atoms with van der Waals surface area (Å²) in [4.78, 5) is 7.94. The van der Waals surface area contributed by atoms with Crippen LogP contribution in [-0.4, -0.2) is 26.9 Å². The topological polar surface area (TPSA) is 52.8 Å². The number of aryl methyl sites for hydroxylation is 1. The average molecular weight is 164 g/mol. The Hall–Kier alpha value is -1.65.